The molecule has 6 nitrogen and oxygen atoms in total. The van der Waals surface area contributed by atoms with E-state index in [0.29, 0.717) is 17.4 Å². The first-order chi connectivity index (χ1) is 14.1. The molecule has 7 heteroatoms. The van der Waals surface area contributed by atoms with E-state index in [1.165, 1.54) is 0 Å². The van der Waals surface area contributed by atoms with Crippen molar-refractivity contribution in [1.29, 1.82) is 0 Å². The van der Waals surface area contributed by atoms with Crippen LogP contribution in [0, 0.1) is 0 Å². The van der Waals surface area contributed by atoms with Gasteiger partial charge in [-0.05, 0) is 42.3 Å². The van der Waals surface area contributed by atoms with Crippen molar-refractivity contribution in [3.8, 4) is 5.82 Å². The third-order valence-corrected chi connectivity index (χ3v) is 4.92. The van der Waals surface area contributed by atoms with Crippen LogP contribution in [0.15, 0.2) is 79.1 Å². The highest BCUT2D eigenvalue weighted by Gasteiger charge is 2.22. The van der Waals surface area contributed by atoms with Gasteiger partial charge in [0.25, 0.3) is 5.91 Å². The first kappa shape index (κ1) is 19.0. The summed E-state index contributed by atoms with van der Waals surface area (Å²) in [6, 6.07) is 21.0. The van der Waals surface area contributed by atoms with Crippen LogP contribution in [0.1, 0.15) is 34.6 Å². The molecule has 0 aliphatic heterocycles. The number of hydrogen-bond donors (Lipinski definition) is 1. The van der Waals surface area contributed by atoms with Crippen molar-refractivity contribution in [2.75, 3.05) is 0 Å². The zero-order valence-corrected chi connectivity index (χ0v) is 16.6. The van der Waals surface area contributed by atoms with Gasteiger partial charge in [0.15, 0.2) is 11.5 Å². The summed E-state index contributed by atoms with van der Waals surface area (Å²) in [5.74, 6) is 0.343. The molecule has 29 heavy (non-hydrogen) atoms. The number of aromatic nitrogens is 4. The molecule has 4 rings (SSSR count). The molecule has 0 fully saturated rings. The maximum atomic E-state index is 13.0. The fourth-order valence-electron chi connectivity index (χ4n) is 3.15. The molecule has 4 aromatic rings. The molecule has 146 valence electrons. The van der Waals surface area contributed by atoms with E-state index in [1.807, 2.05) is 90.6 Å². The minimum Gasteiger partial charge on any atom is -0.344 e. The highest BCUT2D eigenvalue weighted by molar-refractivity contribution is 6.30. The second kappa shape index (κ2) is 8.32. The van der Waals surface area contributed by atoms with Crippen LogP contribution in [-0.2, 0) is 6.54 Å². The van der Waals surface area contributed by atoms with Crippen molar-refractivity contribution in [1.82, 2.24) is 24.9 Å². The lowest BCUT2D eigenvalue weighted by molar-refractivity contribution is 0.0934. The quantitative estimate of drug-likeness (QED) is 0.521. The van der Waals surface area contributed by atoms with E-state index in [-0.39, 0.29) is 17.6 Å². The fraction of sp³-hybridized carbons (Fsp3) is 0.136. The molecule has 0 aliphatic rings. The average Bonchev–Trinajstić information content (AvgIpc) is 3.40. The average molecular weight is 406 g/mol. The summed E-state index contributed by atoms with van der Waals surface area (Å²) in [6.07, 6.45) is 3.74. The van der Waals surface area contributed by atoms with E-state index < -0.39 is 0 Å². The molecule has 0 bridgehead atoms. The summed E-state index contributed by atoms with van der Waals surface area (Å²) in [6.45, 7) is 2.42. The number of amides is 1. The van der Waals surface area contributed by atoms with Crippen LogP contribution >= 0.6 is 11.6 Å². The molecule has 0 unspecified atom stereocenters. The molecule has 0 aliphatic carbocycles. The fourth-order valence-corrected chi connectivity index (χ4v) is 3.27. The Morgan fingerprint density at radius 2 is 1.72 bits per heavy atom. The van der Waals surface area contributed by atoms with E-state index in [9.17, 15) is 4.79 Å². The molecular weight excluding hydrogens is 386 g/mol. The van der Waals surface area contributed by atoms with E-state index in [2.05, 4.69) is 15.6 Å². The van der Waals surface area contributed by atoms with Crippen LogP contribution in [0.2, 0.25) is 5.02 Å². The van der Waals surface area contributed by atoms with Crippen molar-refractivity contribution in [2.24, 2.45) is 0 Å². The van der Waals surface area contributed by atoms with Gasteiger partial charge >= 0.3 is 0 Å². The van der Waals surface area contributed by atoms with Gasteiger partial charge < -0.3 is 9.88 Å². The number of rotatable bonds is 6. The summed E-state index contributed by atoms with van der Waals surface area (Å²) in [5.41, 5.74) is 2.31. The molecule has 1 amide bonds. The first-order valence-corrected chi connectivity index (χ1v) is 9.66. The van der Waals surface area contributed by atoms with E-state index in [0.717, 1.165) is 11.1 Å². The van der Waals surface area contributed by atoms with E-state index in [1.54, 1.807) is 4.68 Å². The highest BCUT2D eigenvalue weighted by atomic mass is 35.5. The number of carbonyl (C=O) groups is 1. The van der Waals surface area contributed by atoms with Gasteiger partial charge in [0, 0.05) is 17.4 Å². The lowest BCUT2D eigenvalue weighted by atomic mass is 10.1. The molecule has 0 spiro atoms. The van der Waals surface area contributed by atoms with Crippen LogP contribution < -0.4 is 5.32 Å². The first-order valence-electron chi connectivity index (χ1n) is 9.29. The summed E-state index contributed by atoms with van der Waals surface area (Å²) in [7, 11) is 0. The van der Waals surface area contributed by atoms with Gasteiger partial charge in [-0.1, -0.05) is 59.3 Å². The second-order valence-corrected chi connectivity index (χ2v) is 7.18. The zero-order valence-electron chi connectivity index (χ0n) is 15.9. The summed E-state index contributed by atoms with van der Waals surface area (Å²) in [4.78, 5) is 13.0. The maximum absolute atomic E-state index is 13.0. The Hall–Kier alpha value is -3.38. The summed E-state index contributed by atoms with van der Waals surface area (Å²) >= 11 is 5.98. The van der Waals surface area contributed by atoms with Gasteiger partial charge in [-0.15, -0.1) is 5.10 Å². The standard InChI is InChI=1S/C22H20ClN5O/c1-16(18-7-3-2-4-8-18)24-21(29)20-22(27-13-5-6-14-27)28(26-25-20)15-17-9-11-19(23)12-10-17/h2-14,16H,15H2,1H3,(H,24,29)/t16-/m0/s1. The number of nitrogens with one attached hydrogen (secondary N) is 1. The minimum absolute atomic E-state index is 0.150. The van der Waals surface area contributed by atoms with Gasteiger partial charge in [0.05, 0.1) is 12.6 Å². The third-order valence-electron chi connectivity index (χ3n) is 4.67. The van der Waals surface area contributed by atoms with E-state index >= 15 is 0 Å². The molecule has 2 aromatic heterocycles. The third kappa shape index (κ3) is 4.22. The lowest BCUT2D eigenvalue weighted by Gasteiger charge is -2.14. The number of nitrogens with zero attached hydrogens (tertiary/aromatic N) is 4. The summed E-state index contributed by atoms with van der Waals surface area (Å²) < 4.78 is 3.56. The Balaban J connectivity index is 1.63. The molecule has 2 aromatic carbocycles. The lowest BCUT2D eigenvalue weighted by Crippen LogP contribution is -2.28. The van der Waals surface area contributed by atoms with Crippen LogP contribution in [0.4, 0.5) is 0 Å². The Kier molecular flexibility index (Phi) is 5.44. The monoisotopic (exact) mass is 405 g/mol. The topological polar surface area (TPSA) is 64.7 Å². The summed E-state index contributed by atoms with van der Waals surface area (Å²) in [5, 5.41) is 12.1. The largest absolute Gasteiger partial charge is 0.344 e. The van der Waals surface area contributed by atoms with Crippen LogP contribution in [-0.4, -0.2) is 25.5 Å². The smallest absolute Gasteiger partial charge is 0.276 e. The molecule has 2 heterocycles. The van der Waals surface area contributed by atoms with Crippen LogP contribution in [0.5, 0.6) is 0 Å². The van der Waals surface area contributed by atoms with Crippen molar-refractivity contribution in [3.63, 3.8) is 0 Å². The molecule has 0 radical (unpaired) electrons. The molecule has 1 atom stereocenters. The Labute approximate surface area is 173 Å². The molecular formula is C22H20ClN5O. The Morgan fingerprint density at radius 3 is 2.41 bits per heavy atom. The number of hydrogen-bond acceptors (Lipinski definition) is 3. The Morgan fingerprint density at radius 1 is 1.03 bits per heavy atom. The van der Waals surface area contributed by atoms with Gasteiger partial charge in [-0.25, -0.2) is 4.68 Å². The van der Waals surface area contributed by atoms with Gasteiger partial charge in [0.1, 0.15) is 0 Å². The predicted octanol–water partition coefficient (Wildman–Crippen LogP) is 4.26. The Bertz CT molecular complexity index is 1090. The molecule has 0 saturated heterocycles. The number of carbonyl (C=O) groups excluding carboxylic acids is 1. The van der Waals surface area contributed by atoms with Gasteiger partial charge in [-0.3, -0.25) is 4.79 Å². The van der Waals surface area contributed by atoms with E-state index in [4.69, 9.17) is 11.6 Å². The number of benzene rings is 2. The van der Waals surface area contributed by atoms with Crippen LogP contribution in [0.3, 0.4) is 0 Å². The van der Waals surface area contributed by atoms with Gasteiger partial charge in [0.2, 0.25) is 0 Å². The SMILES string of the molecule is C[C@H](NC(=O)c1nnn(Cc2ccc(Cl)cc2)c1-n1cccc1)c1ccccc1. The molecule has 1 N–H and O–H groups in total. The highest BCUT2D eigenvalue weighted by Crippen LogP contribution is 2.18. The normalized spacial score (nSPS) is 11.9. The molecule has 0 saturated carbocycles. The van der Waals surface area contributed by atoms with Gasteiger partial charge in [-0.2, -0.15) is 0 Å². The second-order valence-electron chi connectivity index (χ2n) is 6.74. The van der Waals surface area contributed by atoms with Crippen molar-refractivity contribution < 1.29 is 4.79 Å². The van der Waals surface area contributed by atoms with Crippen molar-refractivity contribution in [2.45, 2.75) is 19.5 Å². The maximum Gasteiger partial charge on any atom is 0.276 e. The zero-order chi connectivity index (χ0) is 20.2. The van der Waals surface area contributed by atoms with Crippen molar-refractivity contribution in [3.05, 3.63) is 101 Å². The van der Waals surface area contributed by atoms with Crippen molar-refractivity contribution >= 4 is 17.5 Å². The predicted molar refractivity (Wildman–Crippen MR) is 112 cm³/mol. The number of halogens is 1. The van der Waals surface area contributed by atoms with Crippen LogP contribution in [0.25, 0.3) is 5.82 Å². The minimum atomic E-state index is -0.271.